The molecule has 1 aliphatic rings. The molecule has 0 saturated carbocycles. The molecule has 0 radical (unpaired) electrons. The van der Waals surface area contributed by atoms with E-state index >= 15 is 0 Å². The maximum atomic E-state index is 12.3. The SMILES string of the molecule is CC(C)(C)NC(=O)C1CCN(c2ncc(-c3ccccc3)cn2)CC1. The number of nitrogens with zero attached hydrogens (tertiary/aromatic N) is 3. The molecular formula is C20H26N4O. The van der Waals surface area contributed by atoms with Crippen molar-refractivity contribution in [3.05, 3.63) is 42.7 Å². The second-order valence-corrected chi connectivity index (χ2v) is 7.64. The number of amides is 1. The van der Waals surface area contributed by atoms with E-state index in [0.29, 0.717) is 0 Å². The van der Waals surface area contributed by atoms with Crippen molar-refractivity contribution in [3.8, 4) is 11.1 Å². The number of aromatic nitrogens is 2. The molecule has 1 fully saturated rings. The molecular weight excluding hydrogens is 312 g/mol. The first-order valence-electron chi connectivity index (χ1n) is 8.87. The second-order valence-electron chi connectivity index (χ2n) is 7.64. The van der Waals surface area contributed by atoms with Gasteiger partial charge in [-0.15, -0.1) is 0 Å². The first-order chi connectivity index (χ1) is 11.9. The number of benzene rings is 1. The van der Waals surface area contributed by atoms with Gasteiger partial charge in [-0.05, 0) is 39.2 Å². The maximum absolute atomic E-state index is 12.3. The zero-order valence-electron chi connectivity index (χ0n) is 15.2. The second kappa shape index (κ2) is 7.21. The Morgan fingerprint density at radius 1 is 1.04 bits per heavy atom. The van der Waals surface area contributed by atoms with Gasteiger partial charge in [0.1, 0.15) is 0 Å². The number of carbonyl (C=O) groups is 1. The molecule has 2 heterocycles. The summed E-state index contributed by atoms with van der Waals surface area (Å²) >= 11 is 0. The van der Waals surface area contributed by atoms with Crippen LogP contribution < -0.4 is 10.2 Å². The summed E-state index contributed by atoms with van der Waals surface area (Å²) in [6.07, 6.45) is 5.42. The van der Waals surface area contributed by atoms with E-state index in [1.807, 2.05) is 51.4 Å². The zero-order chi connectivity index (χ0) is 17.9. The van der Waals surface area contributed by atoms with Crippen molar-refractivity contribution in [1.29, 1.82) is 0 Å². The van der Waals surface area contributed by atoms with Gasteiger partial charge in [0.2, 0.25) is 11.9 Å². The lowest BCUT2D eigenvalue weighted by atomic mass is 9.94. The molecule has 0 atom stereocenters. The van der Waals surface area contributed by atoms with E-state index in [4.69, 9.17) is 0 Å². The maximum Gasteiger partial charge on any atom is 0.225 e. The monoisotopic (exact) mass is 338 g/mol. The molecule has 0 spiro atoms. The van der Waals surface area contributed by atoms with Crippen LogP contribution in [0.3, 0.4) is 0 Å². The van der Waals surface area contributed by atoms with Crippen molar-refractivity contribution in [2.75, 3.05) is 18.0 Å². The van der Waals surface area contributed by atoms with Crippen molar-refractivity contribution in [2.45, 2.75) is 39.2 Å². The quantitative estimate of drug-likeness (QED) is 0.933. The van der Waals surface area contributed by atoms with E-state index in [9.17, 15) is 4.79 Å². The third kappa shape index (κ3) is 4.56. The van der Waals surface area contributed by atoms with Crippen molar-refractivity contribution >= 4 is 11.9 Å². The fourth-order valence-corrected chi connectivity index (χ4v) is 3.08. The molecule has 25 heavy (non-hydrogen) atoms. The Hall–Kier alpha value is -2.43. The van der Waals surface area contributed by atoms with Crippen LogP contribution in [0.4, 0.5) is 5.95 Å². The predicted molar refractivity (Wildman–Crippen MR) is 100 cm³/mol. The van der Waals surface area contributed by atoms with Gasteiger partial charge in [-0.3, -0.25) is 4.79 Å². The summed E-state index contributed by atoms with van der Waals surface area (Å²) in [7, 11) is 0. The third-order valence-corrected chi connectivity index (χ3v) is 4.39. The van der Waals surface area contributed by atoms with Gasteiger partial charge in [-0.25, -0.2) is 9.97 Å². The van der Waals surface area contributed by atoms with Crippen LogP contribution in [0.25, 0.3) is 11.1 Å². The number of hydrogen-bond donors (Lipinski definition) is 1. The number of hydrogen-bond acceptors (Lipinski definition) is 4. The van der Waals surface area contributed by atoms with Crippen LogP contribution in [-0.2, 0) is 4.79 Å². The number of piperidine rings is 1. The lowest BCUT2D eigenvalue weighted by Crippen LogP contribution is -2.47. The lowest BCUT2D eigenvalue weighted by Gasteiger charge is -2.33. The van der Waals surface area contributed by atoms with Gasteiger partial charge in [0.15, 0.2) is 0 Å². The zero-order valence-corrected chi connectivity index (χ0v) is 15.2. The van der Waals surface area contributed by atoms with E-state index in [-0.39, 0.29) is 17.4 Å². The molecule has 0 unspecified atom stereocenters. The van der Waals surface area contributed by atoms with Crippen molar-refractivity contribution in [2.24, 2.45) is 5.92 Å². The average Bonchev–Trinajstić information content (AvgIpc) is 2.61. The van der Waals surface area contributed by atoms with Gasteiger partial charge in [0.25, 0.3) is 0 Å². The normalized spacial score (nSPS) is 15.9. The molecule has 2 aromatic rings. The number of anilines is 1. The topological polar surface area (TPSA) is 58.1 Å². The standard InChI is InChI=1S/C20H26N4O/c1-20(2,3)23-18(25)16-9-11-24(12-10-16)19-21-13-17(14-22-19)15-7-5-4-6-8-15/h4-8,13-14,16H,9-12H2,1-3H3,(H,23,25). The molecule has 1 saturated heterocycles. The summed E-state index contributed by atoms with van der Waals surface area (Å²) < 4.78 is 0. The molecule has 5 nitrogen and oxygen atoms in total. The number of rotatable bonds is 3. The average molecular weight is 338 g/mol. The van der Waals surface area contributed by atoms with Gasteiger partial charge in [0.05, 0.1) is 0 Å². The summed E-state index contributed by atoms with van der Waals surface area (Å²) in [5, 5.41) is 3.08. The van der Waals surface area contributed by atoms with Crippen LogP contribution in [0, 0.1) is 5.92 Å². The summed E-state index contributed by atoms with van der Waals surface area (Å²) in [6, 6.07) is 10.1. The van der Waals surface area contributed by atoms with Gasteiger partial charge >= 0.3 is 0 Å². The highest BCUT2D eigenvalue weighted by Crippen LogP contribution is 2.23. The third-order valence-electron chi connectivity index (χ3n) is 4.39. The van der Waals surface area contributed by atoms with Crippen LogP contribution in [0.1, 0.15) is 33.6 Å². The lowest BCUT2D eigenvalue weighted by molar-refractivity contribution is -0.127. The van der Waals surface area contributed by atoms with Gasteiger partial charge in [-0.2, -0.15) is 0 Å². The molecule has 1 aromatic carbocycles. The molecule has 0 aliphatic carbocycles. The molecule has 1 aromatic heterocycles. The van der Waals surface area contributed by atoms with Crippen molar-refractivity contribution < 1.29 is 4.79 Å². The Labute approximate surface area is 149 Å². The first kappa shape index (κ1) is 17.4. The molecule has 1 amide bonds. The summed E-state index contributed by atoms with van der Waals surface area (Å²) in [5.74, 6) is 0.987. The van der Waals surface area contributed by atoms with Gasteiger partial charge in [-0.1, -0.05) is 30.3 Å². The van der Waals surface area contributed by atoms with Crippen LogP contribution >= 0.6 is 0 Å². The molecule has 5 heteroatoms. The minimum absolute atomic E-state index is 0.0825. The van der Waals surface area contributed by atoms with Crippen LogP contribution in [0.2, 0.25) is 0 Å². The Kier molecular flexibility index (Phi) is 5.02. The van der Waals surface area contributed by atoms with Crippen LogP contribution in [-0.4, -0.2) is 34.5 Å². The predicted octanol–water partition coefficient (Wildman–Crippen LogP) is 3.27. The minimum Gasteiger partial charge on any atom is -0.351 e. The Morgan fingerprint density at radius 3 is 2.20 bits per heavy atom. The summed E-state index contributed by atoms with van der Waals surface area (Å²) in [4.78, 5) is 23.5. The minimum atomic E-state index is -0.176. The highest BCUT2D eigenvalue weighted by atomic mass is 16.2. The Bertz CT molecular complexity index is 699. The molecule has 3 rings (SSSR count). The fourth-order valence-electron chi connectivity index (χ4n) is 3.08. The molecule has 1 N–H and O–H groups in total. The highest BCUT2D eigenvalue weighted by molar-refractivity contribution is 5.79. The first-order valence-corrected chi connectivity index (χ1v) is 8.87. The van der Waals surface area contributed by atoms with E-state index in [0.717, 1.165) is 43.0 Å². The van der Waals surface area contributed by atoms with E-state index in [2.05, 4.69) is 32.3 Å². The highest BCUT2D eigenvalue weighted by Gasteiger charge is 2.28. The smallest absolute Gasteiger partial charge is 0.225 e. The molecule has 1 aliphatic heterocycles. The number of carbonyl (C=O) groups excluding carboxylic acids is 1. The van der Waals surface area contributed by atoms with Crippen LogP contribution in [0.5, 0.6) is 0 Å². The van der Waals surface area contributed by atoms with Gasteiger partial charge in [0, 0.05) is 42.5 Å². The summed E-state index contributed by atoms with van der Waals surface area (Å²) in [6.45, 7) is 7.67. The van der Waals surface area contributed by atoms with Crippen molar-refractivity contribution in [1.82, 2.24) is 15.3 Å². The largest absolute Gasteiger partial charge is 0.351 e. The number of nitrogens with one attached hydrogen (secondary N) is 1. The Morgan fingerprint density at radius 2 is 1.64 bits per heavy atom. The molecule has 132 valence electrons. The summed E-state index contributed by atoms with van der Waals surface area (Å²) in [5.41, 5.74) is 1.96. The Balaban J connectivity index is 1.59. The fraction of sp³-hybridized carbons (Fsp3) is 0.450. The molecule has 0 bridgehead atoms. The van der Waals surface area contributed by atoms with E-state index < -0.39 is 0 Å². The van der Waals surface area contributed by atoms with Gasteiger partial charge < -0.3 is 10.2 Å². The van der Waals surface area contributed by atoms with E-state index in [1.165, 1.54) is 0 Å². The van der Waals surface area contributed by atoms with Crippen LogP contribution in [0.15, 0.2) is 42.7 Å². The van der Waals surface area contributed by atoms with Crippen molar-refractivity contribution in [3.63, 3.8) is 0 Å². The van der Waals surface area contributed by atoms with E-state index in [1.54, 1.807) is 0 Å².